The van der Waals surface area contributed by atoms with Crippen LogP contribution in [-0.2, 0) is 0 Å². The van der Waals surface area contributed by atoms with Crippen LogP contribution in [0.3, 0.4) is 0 Å². The molecule has 0 bridgehead atoms. The molecule has 4 rings (SSSR count). The zero-order valence-corrected chi connectivity index (χ0v) is 19.0. The third-order valence-electron chi connectivity index (χ3n) is 4.98. The average Bonchev–Trinajstić information content (AvgIpc) is 2.76. The van der Waals surface area contributed by atoms with Gasteiger partial charge < -0.3 is 13.9 Å². The first-order valence-electron chi connectivity index (χ1n) is 9.68. The van der Waals surface area contributed by atoms with Gasteiger partial charge in [-0.3, -0.25) is 4.79 Å². The van der Waals surface area contributed by atoms with E-state index in [-0.39, 0.29) is 22.1 Å². The maximum Gasteiger partial charge on any atom is 0.345 e. The van der Waals surface area contributed by atoms with Crippen molar-refractivity contribution < 1.29 is 18.7 Å². The van der Waals surface area contributed by atoms with Crippen LogP contribution in [-0.4, -0.2) is 13.1 Å². The highest BCUT2D eigenvalue weighted by molar-refractivity contribution is 6.36. The highest BCUT2D eigenvalue weighted by Gasteiger charge is 2.23. The summed E-state index contributed by atoms with van der Waals surface area (Å²) in [5.74, 6) is -0.244. The Morgan fingerprint density at radius 1 is 0.969 bits per heavy atom. The Morgan fingerprint density at radius 3 is 2.34 bits per heavy atom. The number of aryl methyl sites for hydroxylation is 2. The zero-order chi connectivity index (χ0) is 23.0. The summed E-state index contributed by atoms with van der Waals surface area (Å²) in [4.78, 5) is 26.3. The lowest BCUT2D eigenvalue weighted by molar-refractivity contribution is 0.0731. The Labute approximate surface area is 194 Å². The number of fused-ring (bicyclic) bond motifs is 1. The maximum absolute atomic E-state index is 13.4. The maximum atomic E-state index is 13.4. The van der Waals surface area contributed by atoms with Crippen molar-refractivity contribution in [2.45, 2.75) is 13.8 Å². The van der Waals surface area contributed by atoms with Gasteiger partial charge in [-0.1, -0.05) is 29.3 Å². The van der Waals surface area contributed by atoms with E-state index in [1.165, 1.54) is 18.2 Å². The van der Waals surface area contributed by atoms with E-state index in [1.807, 2.05) is 19.9 Å². The summed E-state index contributed by atoms with van der Waals surface area (Å²) in [6.07, 6.45) is 0. The minimum Gasteiger partial charge on any atom is -0.497 e. The van der Waals surface area contributed by atoms with Gasteiger partial charge in [0.2, 0.25) is 11.2 Å². The van der Waals surface area contributed by atoms with E-state index < -0.39 is 11.4 Å². The first-order chi connectivity index (χ1) is 15.3. The normalized spacial score (nSPS) is 10.9. The largest absolute Gasteiger partial charge is 0.497 e. The number of methoxy groups -OCH3 is 1. The van der Waals surface area contributed by atoms with Crippen LogP contribution in [0.5, 0.6) is 11.5 Å². The number of ether oxygens (including phenoxy) is 2. The summed E-state index contributed by atoms with van der Waals surface area (Å²) in [5, 5.41) is 0.816. The van der Waals surface area contributed by atoms with E-state index in [9.17, 15) is 9.59 Å². The fourth-order valence-corrected chi connectivity index (χ4v) is 3.95. The summed E-state index contributed by atoms with van der Waals surface area (Å²) in [5.41, 5.74) is 2.28. The smallest absolute Gasteiger partial charge is 0.345 e. The van der Waals surface area contributed by atoms with Crippen molar-refractivity contribution >= 4 is 40.1 Å². The number of halogens is 2. The lowest BCUT2D eigenvalue weighted by Gasteiger charge is -2.13. The Kier molecular flexibility index (Phi) is 5.96. The van der Waals surface area contributed by atoms with Gasteiger partial charge in [-0.2, -0.15) is 0 Å². The van der Waals surface area contributed by atoms with E-state index >= 15 is 0 Å². The number of rotatable bonds is 4. The van der Waals surface area contributed by atoms with Gasteiger partial charge in [-0.25, -0.2) is 4.79 Å². The number of benzene rings is 3. The van der Waals surface area contributed by atoms with Gasteiger partial charge in [0, 0.05) is 10.6 Å². The first kappa shape index (κ1) is 21.9. The molecule has 0 aliphatic heterocycles. The monoisotopic (exact) mass is 468 g/mol. The predicted octanol–water partition coefficient (Wildman–Crippen LogP) is 6.61. The molecule has 162 valence electrons. The minimum absolute atomic E-state index is 0.0802. The van der Waals surface area contributed by atoms with Crippen molar-refractivity contribution in [1.29, 1.82) is 0 Å². The van der Waals surface area contributed by atoms with Gasteiger partial charge in [-0.15, -0.1) is 0 Å². The van der Waals surface area contributed by atoms with Gasteiger partial charge in [0.05, 0.1) is 23.1 Å². The standard InChI is InChI=1S/C25H18Cl2O5/c1-13-10-14(2)22-19(11-13)21(28)24(23(31-22)15-4-7-17(30-3)8-5-15)32-25(29)18-9-6-16(26)12-20(18)27/h4-12H,1-3H3. The Hall–Kier alpha value is -3.28. The van der Waals surface area contributed by atoms with Crippen LogP contribution in [0.25, 0.3) is 22.3 Å². The van der Waals surface area contributed by atoms with E-state index in [0.29, 0.717) is 27.3 Å². The Balaban J connectivity index is 1.93. The van der Waals surface area contributed by atoms with Crippen molar-refractivity contribution in [2.24, 2.45) is 0 Å². The molecule has 0 unspecified atom stereocenters. The summed E-state index contributed by atoms with van der Waals surface area (Å²) in [6.45, 7) is 3.73. The molecule has 0 radical (unpaired) electrons. The fourth-order valence-electron chi connectivity index (χ4n) is 3.46. The quantitative estimate of drug-likeness (QED) is 0.315. The zero-order valence-electron chi connectivity index (χ0n) is 17.5. The summed E-state index contributed by atoms with van der Waals surface area (Å²) >= 11 is 12.1. The molecule has 0 atom stereocenters. The second-order valence-electron chi connectivity index (χ2n) is 7.29. The molecular formula is C25H18Cl2O5. The van der Waals surface area contributed by atoms with Gasteiger partial charge in [-0.05, 0) is 73.5 Å². The first-order valence-corrected chi connectivity index (χ1v) is 10.4. The fraction of sp³-hybridized carbons (Fsp3) is 0.120. The predicted molar refractivity (Wildman–Crippen MR) is 125 cm³/mol. The molecule has 32 heavy (non-hydrogen) atoms. The lowest BCUT2D eigenvalue weighted by atomic mass is 10.1. The number of carbonyl (C=O) groups is 1. The van der Waals surface area contributed by atoms with Crippen LogP contribution in [0, 0.1) is 13.8 Å². The van der Waals surface area contributed by atoms with Crippen LogP contribution in [0.15, 0.2) is 63.8 Å². The third kappa shape index (κ3) is 4.09. The highest BCUT2D eigenvalue weighted by atomic mass is 35.5. The third-order valence-corrected chi connectivity index (χ3v) is 5.53. The number of hydrogen-bond donors (Lipinski definition) is 0. The van der Waals surface area contributed by atoms with Crippen LogP contribution >= 0.6 is 23.2 Å². The number of hydrogen-bond acceptors (Lipinski definition) is 5. The van der Waals surface area contributed by atoms with Crippen molar-refractivity contribution in [3.8, 4) is 22.8 Å². The molecule has 3 aromatic carbocycles. The average molecular weight is 469 g/mol. The van der Waals surface area contributed by atoms with Crippen molar-refractivity contribution in [2.75, 3.05) is 7.11 Å². The van der Waals surface area contributed by atoms with Gasteiger partial charge >= 0.3 is 5.97 Å². The molecule has 0 aliphatic carbocycles. The molecule has 0 spiro atoms. The van der Waals surface area contributed by atoms with E-state index in [1.54, 1.807) is 37.4 Å². The minimum atomic E-state index is -0.794. The molecule has 4 aromatic rings. The molecule has 0 saturated heterocycles. The van der Waals surface area contributed by atoms with E-state index in [2.05, 4.69) is 0 Å². The summed E-state index contributed by atoms with van der Waals surface area (Å²) < 4.78 is 16.9. The molecule has 1 aromatic heterocycles. The second-order valence-corrected chi connectivity index (χ2v) is 8.13. The van der Waals surface area contributed by atoms with Crippen molar-refractivity contribution in [3.63, 3.8) is 0 Å². The number of carbonyl (C=O) groups excluding carboxylic acids is 1. The van der Waals surface area contributed by atoms with Crippen LogP contribution in [0.1, 0.15) is 21.5 Å². The molecule has 0 fully saturated rings. The van der Waals surface area contributed by atoms with Crippen LogP contribution in [0.2, 0.25) is 10.0 Å². The van der Waals surface area contributed by atoms with Crippen LogP contribution < -0.4 is 14.9 Å². The summed E-state index contributed by atoms with van der Waals surface area (Å²) in [7, 11) is 1.56. The molecule has 7 heteroatoms. The Bertz CT molecular complexity index is 1410. The SMILES string of the molecule is COc1ccc(-c2oc3c(C)cc(C)cc3c(=O)c2OC(=O)c2ccc(Cl)cc2Cl)cc1. The lowest BCUT2D eigenvalue weighted by Crippen LogP contribution is -2.17. The van der Waals surface area contributed by atoms with Gasteiger partial charge in [0.25, 0.3) is 0 Å². The van der Waals surface area contributed by atoms with E-state index in [4.69, 9.17) is 37.1 Å². The molecule has 0 saturated carbocycles. The van der Waals surface area contributed by atoms with Gasteiger partial charge in [0.15, 0.2) is 5.76 Å². The molecule has 0 amide bonds. The van der Waals surface area contributed by atoms with Crippen molar-refractivity contribution in [1.82, 2.24) is 0 Å². The molecule has 0 aliphatic rings. The summed E-state index contributed by atoms with van der Waals surface area (Å²) in [6, 6.07) is 14.9. The molecule has 5 nitrogen and oxygen atoms in total. The van der Waals surface area contributed by atoms with Crippen molar-refractivity contribution in [3.05, 3.63) is 91.6 Å². The Morgan fingerprint density at radius 2 is 1.69 bits per heavy atom. The molecular weight excluding hydrogens is 451 g/mol. The topological polar surface area (TPSA) is 65.7 Å². The second kappa shape index (κ2) is 8.69. The van der Waals surface area contributed by atoms with Crippen LogP contribution in [0.4, 0.5) is 0 Å². The molecule has 0 N–H and O–H groups in total. The number of esters is 1. The van der Waals surface area contributed by atoms with E-state index in [0.717, 1.165) is 11.1 Å². The van der Waals surface area contributed by atoms with Gasteiger partial charge in [0.1, 0.15) is 11.3 Å². The molecule has 1 heterocycles. The highest BCUT2D eigenvalue weighted by Crippen LogP contribution is 2.34.